The summed E-state index contributed by atoms with van der Waals surface area (Å²) in [4.78, 5) is 11.4. The Labute approximate surface area is 94.6 Å². The van der Waals surface area contributed by atoms with Crippen LogP contribution >= 0.6 is 15.9 Å². The maximum atomic E-state index is 13.3. The first-order valence-electron chi connectivity index (χ1n) is 4.17. The van der Waals surface area contributed by atoms with Crippen LogP contribution in [-0.4, -0.2) is 12.6 Å². The van der Waals surface area contributed by atoms with E-state index < -0.39 is 11.8 Å². The third-order valence-electron chi connectivity index (χ3n) is 1.70. The maximum Gasteiger partial charge on any atom is 0.342 e. The normalized spacial score (nSPS) is 9.47. The van der Waals surface area contributed by atoms with Gasteiger partial charge in [0.2, 0.25) is 0 Å². The van der Waals surface area contributed by atoms with Gasteiger partial charge in [-0.3, -0.25) is 0 Å². The Kier molecular flexibility index (Phi) is 3.81. The first-order valence-corrected chi connectivity index (χ1v) is 4.96. The van der Waals surface area contributed by atoms with Crippen LogP contribution in [0.4, 0.5) is 4.39 Å². The van der Waals surface area contributed by atoms with Gasteiger partial charge in [-0.2, -0.15) is 5.26 Å². The number of ether oxygens (including phenoxy) is 1. The van der Waals surface area contributed by atoms with Crippen LogP contribution < -0.4 is 0 Å². The average molecular weight is 272 g/mol. The van der Waals surface area contributed by atoms with Gasteiger partial charge in [-0.05, 0) is 35.0 Å². The minimum Gasteiger partial charge on any atom is -0.462 e. The zero-order chi connectivity index (χ0) is 11.4. The largest absolute Gasteiger partial charge is 0.462 e. The molecule has 0 aliphatic rings. The summed E-state index contributed by atoms with van der Waals surface area (Å²) in [7, 11) is 0. The second kappa shape index (κ2) is 4.89. The molecule has 0 saturated heterocycles. The summed E-state index contributed by atoms with van der Waals surface area (Å²) in [5.41, 5.74) is -0.373. The molecule has 15 heavy (non-hydrogen) atoms. The lowest BCUT2D eigenvalue weighted by Gasteiger charge is -2.06. The summed E-state index contributed by atoms with van der Waals surface area (Å²) in [6, 6.07) is 4.24. The lowest BCUT2D eigenvalue weighted by atomic mass is 10.1. The highest BCUT2D eigenvalue weighted by Gasteiger charge is 2.20. The molecule has 0 heterocycles. The molecule has 0 bridgehead atoms. The summed E-state index contributed by atoms with van der Waals surface area (Å²) >= 11 is 3.06. The Balaban J connectivity index is 3.33. The van der Waals surface area contributed by atoms with Crippen molar-refractivity contribution in [3.05, 3.63) is 33.5 Å². The van der Waals surface area contributed by atoms with E-state index in [0.29, 0.717) is 4.47 Å². The van der Waals surface area contributed by atoms with Crippen molar-refractivity contribution in [2.45, 2.75) is 6.92 Å². The summed E-state index contributed by atoms with van der Waals surface area (Å²) in [6.45, 7) is 1.75. The first kappa shape index (κ1) is 11.7. The number of halogens is 2. The summed E-state index contributed by atoms with van der Waals surface area (Å²) in [5.74, 6) is -1.58. The smallest absolute Gasteiger partial charge is 0.342 e. The molecule has 1 aromatic carbocycles. The van der Waals surface area contributed by atoms with E-state index in [-0.39, 0.29) is 17.7 Å². The van der Waals surface area contributed by atoms with Crippen molar-refractivity contribution in [1.29, 1.82) is 5.26 Å². The van der Waals surface area contributed by atoms with Crippen molar-refractivity contribution in [2.75, 3.05) is 6.61 Å². The first-order chi connectivity index (χ1) is 7.11. The zero-order valence-corrected chi connectivity index (χ0v) is 9.47. The number of nitrogens with zero attached hydrogens (tertiary/aromatic N) is 1. The highest BCUT2D eigenvalue weighted by Crippen LogP contribution is 2.23. The van der Waals surface area contributed by atoms with Crippen LogP contribution in [0.15, 0.2) is 16.6 Å². The minimum absolute atomic E-state index is 0.0477. The molecule has 0 amide bonds. The fraction of sp³-hybridized carbons (Fsp3) is 0.200. The number of esters is 1. The molecular weight excluding hydrogens is 265 g/mol. The predicted molar refractivity (Wildman–Crippen MR) is 54.8 cm³/mol. The van der Waals surface area contributed by atoms with Gasteiger partial charge in [0, 0.05) is 4.47 Å². The molecule has 1 aromatic rings. The van der Waals surface area contributed by atoms with E-state index >= 15 is 0 Å². The molecule has 3 nitrogen and oxygen atoms in total. The van der Waals surface area contributed by atoms with Crippen molar-refractivity contribution in [3.63, 3.8) is 0 Å². The molecule has 0 spiro atoms. The second-order valence-corrected chi connectivity index (χ2v) is 3.47. The van der Waals surface area contributed by atoms with E-state index in [1.54, 1.807) is 13.0 Å². The van der Waals surface area contributed by atoms with Gasteiger partial charge >= 0.3 is 5.97 Å². The predicted octanol–water partition coefficient (Wildman–Crippen LogP) is 2.64. The van der Waals surface area contributed by atoms with Crippen molar-refractivity contribution in [3.8, 4) is 6.07 Å². The number of carbonyl (C=O) groups excluding carboxylic acids is 1. The lowest BCUT2D eigenvalue weighted by molar-refractivity contribution is 0.0520. The molecule has 0 fully saturated rings. The monoisotopic (exact) mass is 271 g/mol. The third kappa shape index (κ3) is 2.34. The minimum atomic E-state index is -0.826. The van der Waals surface area contributed by atoms with Crippen molar-refractivity contribution < 1.29 is 13.9 Å². The summed E-state index contributed by atoms with van der Waals surface area (Å²) in [5, 5.41) is 8.79. The van der Waals surface area contributed by atoms with Gasteiger partial charge in [0.25, 0.3) is 0 Å². The van der Waals surface area contributed by atoms with Crippen molar-refractivity contribution >= 4 is 21.9 Å². The quantitative estimate of drug-likeness (QED) is 0.777. The standard InChI is InChI=1S/C10H7BrFNO2/c1-2-15-10(14)9-6(5-13)7(11)3-4-8(9)12/h3-4H,2H2,1H3. The van der Waals surface area contributed by atoms with Gasteiger partial charge in [0.15, 0.2) is 0 Å². The zero-order valence-electron chi connectivity index (χ0n) is 7.88. The highest BCUT2D eigenvalue weighted by atomic mass is 79.9. The Morgan fingerprint density at radius 2 is 2.33 bits per heavy atom. The fourth-order valence-corrected chi connectivity index (χ4v) is 1.48. The van der Waals surface area contributed by atoms with E-state index in [1.165, 1.54) is 6.07 Å². The van der Waals surface area contributed by atoms with Gasteiger partial charge in [0.05, 0.1) is 12.2 Å². The fourth-order valence-electron chi connectivity index (χ4n) is 1.06. The number of carbonyl (C=O) groups is 1. The van der Waals surface area contributed by atoms with E-state index in [1.807, 2.05) is 0 Å². The van der Waals surface area contributed by atoms with Gasteiger partial charge in [-0.15, -0.1) is 0 Å². The number of hydrogen-bond acceptors (Lipinski definition) is 3. The number of rotatable bonds is 2. The van der Waals surface area contributed by atoms with E-state index in [4.69, 9.17) is 5.26 Å². The van der Waals surface area contributed by atoms with Crippen LogP contribution in [0.1, 0.15) is 22.8 Å². The number of hydrogen-bond donors (Lipinski definition) is 0. The Morgan fingerprint density at radius 1 is 1.67 bits per heavy atom. The molecule has 0 aliphatic heterocycles. The maximum absolute atomic E-state index is 13.3. The van der Waals surface area contributed by atoms with Gasteiger partial charge in [-0.1, -0.05) is 0 Å². The number of nitriles is 1. The van der Waals surface area contributed by atoms with Crippen LogP contribution in [0.25, 0.3) is 0 Å². The molecule has 0 aliphatic carbocycles. The molecule has 0 unspecified atom stereocenters. The van der Waals surface area contributed by atoms with Gasteiger partial charge in [0.1, 0.15) is 17.4 Å². The topological polar surface area (TPSA) is 50.1 Å². The van der Waals surface area contributed by atoms with Crippen LogP contribution in [-0.2, 0) is 4.74 Å². The molecule has 0 saturated carbocycles. The van der Waals surface area contributed by atoms with E-state index in [0.717, 1.165) is 6.07 Å². The summed E-state index contributed by atoms with van der Waals surface area (Å²) in [6.07, 6.45) is 0. The van der Waals surface area contributed by atoms with Crippen molar-refractivity contribution in [2.24, 2.45) is 0 Å². The van der Waals surface area contributed by atoms with Crippen LogP contribution in [0.2, 0.25) is 0 Å². The average Bonchev–Trinajstić information content (AvgIpc) is 2.21. The van der Waals surface area contributed by atoms with Gasteiger partial charge in [-0.25, -0.2) is 9.18 Å². The Hall–Kier alpha value is -1.41. The molecule has 0 N–H and O–H groups in total. The van der Waals surface area contributed by atoms with Gasteiger partial charge < -0.3 is 4.74 Å². The molecule has 78 valence electrons. The SMILES string of the molecule is CCOC(=O)c1c(F)ccc(Br)c1C#N. The molecule has 0 aromatic heterocycles. The van der Waals surface area contributed by atoms with E-state index in [9.17, 15) is 9.18 Å². The lowest BCUT2D eigenvalue weighted by Crippen LogP contribution is -2.10. The summed E-state index contributed by atoms with van der Waals surface area (Å²) < 4.78 is 18.3. The third-order valence-corrected chi connectivity index (χ3v) is 2.36. The van der Waals surface area contributed by atoms with Crippen molar-refractivity contribution in [1.82, 2.24) is 0 Å². The van der Waals surface area contributed by atoms with Crippen LogP contribution in [0, 0.1) is 17.1 Å². The molecule has 0 atom stereocenters. The molecule has 5 heteroatoms. The van der Waals surface area contributed by atoms with E-state index in [2.05, 4.69) is 20.7 Å². The highest BCUT2D eigenvalue weighted by molar-refractivity contribution is 9.10. The molecule has 1 rings (SSSR count). The molecule has 0 radical (unpaired) electrons. The van der Waals surface area contributed by atoms with Crippen LogP contribution in [0.5, 0.6) is 0 Å². The Bertz CT molecular complexity index is 440. The van der Waals surface area contributed by atoms with Crippen LogP contribution in [0.3, 0.4) is 0 Å². The number of benzene rings is 1. The molecular formula is C10H7BrFNO2. The second-order valence-electron chi connectivity index (χ2n) is 2.61. The Morgan fingerprint density at radius 3 is 2.87 bits per heavy atom.